The fraction of sp³-hybridized carbons (Fsp3) is 0.667. The Kier molecular flexibility index (Phi) is 11.2. The van der Waals surface area contributed by atoms with Crippen molar-refractivity contribution < 1.29 is 46.5 Å². The summed E-state index contributed by atoms with van der Waals surface area (Å²) in [5.74, 6) is -3.97. The maximum atomic E-state index is 13.0. The van der Waals surface area contributed by atoms with Crippen molar-refractivity contribution in [3.8, 4) is 0 Å². The molecule has 17 heteroatoms. The number of β-lactam (4-membered cyclic amide) rings is 1. The summed E-state index contributed by atoms with van der Waals surface area (Å²) >= 11 is 0.980. The number of carbonyl (C=O) groups excluding carboxylic acids is 3. The molecule has 4 N–H and O–H groups in total. The lowest BCUT2D eigenvalue weighted by Gasteiger charge is -2.43. The van der Waals surface area contributed by atoms with Crippen LogP contribution in [0, 0.1) is 5.41 Å². The van der Waals surface area contributed by atoms with E-state index in [0.29, 0.717) is 10.7 Å². The number of esters is 1. The molecule has 2 atom stereocenters. The summed E-state index contributed by atoms with van der Waals surface area (Å²) in [7, 11) is -4.62. The Morgan fingerprint density at radius 2 is 1.88 bits per heavy atom. The number of nitrogens with one attached hydrogen (secondary N) is 1. The van der Waals surface area contributed by atoms with E-state index in [1.54, 1.807) is 0 Å². The molecule has 15 nitrogen and oxygen atoms in total. The maximum Gasteiger partial charge on any atom is 0.365 e. The molecule has 1 aliphatic heterocycles. The number of thiazole rings is 1. The van der Waals surface area contributed by atoms with E-state index >= 15 is 0 Å². The smallest absolute Gasteiger partial charge is 0.365 e. The Hall–Kier alpha value is -3.31. The van der Waals surface area contributed by atoms with Gasteiger partial charge in [-0.25, -0.2) is 14.1 Å². The number of anilines is 1. The number of aliphatic carboxylic acids is 1. The van der Waals surface area contributed by atoms with Gasteiger partial charge in [-0.05, 0) is 41.0 Å². The largest absolute Gasteiger partial charge is 0.478 e. The Morgan fingerprint density at radius 1 is 1.22 bits per heavy atom. The van der Waals surface area contributed by atoms with E-state index in [0.717, 1.165) is 30.6 Å². The van der Waals surface area contributed by atoms with E-state index in [1.807, 2.05) is 0 Å². The van der Waals surface area contributed by atoms with Gasteiger partial charge in [-0.15, -0.1) is 11.3 Å². The van der Waals surface area contributed by atoms with E-state index in [9.17, 15) is 32.7 Å². The highest BCUT2D eigenvalue weighted by Gasteiger charge is 2.53. The molecule has 0 aliphatic carbocycles. The van der Waals surface area contributed by atoms with Gasteiger partial charge in [-0.3, -0.25) is 18.6 Å². The number of hydrogen-bond acceptors (Lipinski definition) is 13. The zero-order chi connectivity index (χ0) is 31.2. The predicted octanol–water partition coefficient (Wildman–Crippen LogP) is 1.44. The third-order valence-corrected chi connectivity index (χ3v) is 8.16. The molecule has 0 aromatic carbocycles. The minimum atomic E-state index is -4.62. The number of oxime groups is 1. The summed E-state index contributed by atoms with van der Waals surface area (Å²) < 4.78 is 36.3. The molecule has 230 valence electrons. The molecule has 2 heterocycles. The molecule has 0 unspecified atom stereocenters. The third kappa shape index (κ3) is 8.59. The van der Waals surface area contributed by atoms with Crippen LogP contribution in [-0.2, 0) is 43.2 Å². The molecule has 1 saturated heterocycles. The van der Waals surface area contributed by atoms with Crippen molar-refractivity contribution in [2.45, 2.75) is 84.9 Å². The second-order valence-corrected chi connectivity index (χ2v) is 12.9. The van der Waals surface area contributed by atoms with Crippen LogP contribution < -0.4 is 11.1 Å². The minimum Gasteiger partial charge on any atom is -0.478 e. The fourth-order valence-corrected chi connectivity index (χ4v) is 5.30. The number of nitrogens with two attached hydrogens (primary N) is 1. The number of nitrogens with zero attached hydrogens (tertiary/aromatic N) is 3. The van der Waals surface area contributed by atoms with E-state index in [1.165, 1.54) is 40.0 Å². The number of carbonyl (C=O) groups is 4. The van der Waals surface area contributed by atoms with Gasteiger partial charge in [0, 0.05) is 5.38 Å². The van der Waals surface area contributed by atoms with Crippen LogP contribution in [-0.4, -0.2) is 83.2 Å². The number of amides is 2. The number of nitrogen functional groups attached to an aromatic ring is 1. The average Bonchev–Trinajstić information content (AvgIpc) is 3.31. The molecule has 2 amide bonds. The van der Waals surface area contributed by atoms with Crippen molar-refractivity contribution in [3.63, 3.8) is 0 Å². The molecule has 2 rings (SSSR count). The average molecular weight is 620 g/mol. The van der Waals surface area contributed by atoms with Gasteiger partial charge in [-0.1, -0.05) is 31.3 Å². The monoisotopic (exact) mass is 619 g/mol. The van der Waals surface area contributed by atoms with Gasteiger partial charge < -0.3 is 25.7 Å². The molecule has 41 heavy (non-hydrogen) atoms. The Morgan fingerprint density at radius 3 is 2.41 bits per heavy atom. The zero-order valence-electron chi connectivity index (χ0n) is 23.8. The predicted molar refractivity (Wildman–Crippen MR) is 148 cm³/mol. The zero-order valence-corrected chi connectivity index (χ0v) is 25.5. The second kappa shape index (κ2) is 13.6. The first kappa shape index (κ1) is 33.9. The van der Waals surface area contributed by atoms with Gasteiger partial charge in [0.1, 0.15) is 11.7 Å². The first-order chi connectivity index (χ1) is 18.9. The van der Waals surface area contributed by atoms with Crippen LogP contribution in [0.4, 0.5) is 5.13 Å². The summed E-state index contributed by atoms with van der Waals surface area (Å²) in [5.41, 5.74) is 2.00. The Labute approximate surface area is 242 Å². The molecule has 0 saturated carbocycles. The molecule has 1 aromatic heterocycles. The van der Waals surface area contributed by atoms with Gasteiger partial charge in [0.15, 0.2) is 10.8 Å². The Bertz CT molecular complexity index is 1280. The molecule has 0 bridgehead atoms. The lowest BCUT2D eigenvalue weighted by molar-refractivity contribution is -0.161. The van der Waals surface area contributed by atoms with Crippen LogP contribution in [0.5, 0.6) is 0 Å². The van der Waals surface area contributed by atoms with Crippen molar-refractivity contribution in [2.24, 2.45) is 10.6 Å². The van der Waals surface area contributed by atoms with Crippen LogP contribution in [0.2, 0.25) is 0 Å². The van der Waals surface area contributed by atoms with Gasteiger partial charge in [-0.2, -0.15) is 8.42 Å². The quantitative estimate of drug-likeness (QED) is 0.0787. The summed E-state index contributed by atoms with van der Waals surface area (Å²) in [5, 5.41) is 16.7. The van der Waals surface area contributed by atoms with Crippen molar-refractivity contribution >= 4 is 56.2 Å². The van der Waals surface area contributed by atoms with Gasteiger partial charge in [0.25, 0.3) is 11.8 Å². The van der Waals surface area contributed by atoms with Gasteiger partial charge >= 0.3 is 22.2 Å². The first-order valence-corrected chi connectivity index (χ1v) is 15.1. The Balaban J connectivity index is 2.06. The summed E-state index contributed by atoms with van der Waals surface area (Å²) in [4.78, 5) is 58.5. The van der Waals surface area contributed by atoms with E-state index in [4.69, 9.17) is 19.5 Å². The number of carboxylic acids is 1. The number of aromatic nitrogens is 1. The topological polar surface area (TPSA) is 217 Å². The third-order valence-electron chi connectivity index (χ3n) is 6.08. The van der Waals surface area contributed by atoms with Crippen LogP contribution in [0.15, 0.2) is 10.5 Å². The van der Waals surface area contributed by atoms with Gasteiger partial charge in [0.05, 0.1) is 24.7 Å². The summed E-state index contributed by atoms with van der Waals surface area (Å²) in [6.45, 7) is 8.38. The van der Waals surface area contributed by atoms with E-state index in [-0.39, 0.29) is 17.4 Å². The standard InChI is InChI=1S/C24H37N5O10S2/c1-7-8-9-10-11-37-21(34)23(3,4)13-38-41(35,36)29-14(2)16(19(29)31)27-18(30)17(15-12-40-22(25)26-15)28-39-24(5,6)20(32)33/h12,14,16H,7-11,13H2,1-6H3,(H2,25,26)(H,27,30)(H,32,33)/t14-,16-/m0/s1. The highest BCUT2D eigenvalue weighted by Crippen LogP contribution is 2.27. The molecular weight excluding hydrogens is 582 g/mol. The molecule has 0 radical (unpaired) electrons. The lowest BCUT2D eigenvalue weighted by Crippen LogP contribution is -2.71. The fourth-order valence-electron chi connectivity index (χ4n) is 3.33. The number of carboxylic acid groups (broad SMARTS) is 1. The van der Waals surface area contributed by atoms with Crippen LogP contribution >= 0.6 is 11.3 Å². The van der Waals surface area contributed by atoms with Crippen molar-refractivity contribution in [1.29, 1.82) is 0 Å². The minimum absolute atomic E-state index is 0.0436. The number of unbranched alkanes of at least 4 members (excludes halogenated alkanes) is 3. The number of hydrogen-bond donors (Lipinski definition) is 3. The molecule has 1 fully saturated rings. The van der Waals surface area contributed by atoms with E-state index < -0.39 is 69.5 Å². The molecule has 1 aromatic rings. The van der Waals surface area contributed by atoms with Crippen LogP contribution in [0.3, 0.4) is 0 Å². The van der Waals surface area contributed by atoms with E-state index in [2.05, 4.69) is 22.4 Å². The lowest BCUT2D eigenvalue weighted by atomic mass is 9.95. The highest BCUT2D eigenvalue weighted by molar-refractivity contribution is 7.85. The number of rotatable bonds is 16. The van der Waals surface area contributed by atoms with Gasteiger partial charge in [0.2, 0.25) is 5.60 Å². The number of ether oxygens (including phenoxy) is 1. The highest BCUT2D eigenvalue weighted by atomic mass is 32.2. The molecule has 0 spiro atoms. The molecular formula is C24H37N5O10S2. The maximum absolute atomic E-state index is 13.0. The SMILES string of the molecule is CCCCCCOC(=O)C(C)(C)COS(=O)(=O)N1C(=O)[C@@H](NC(=O)C(=NOC(C)(C)C(=O)O)c2csc(N)n2)[C@@H]1C. The first-order valence-electron chi connectivity index (χ1n) is 12.9. The van der Waals surface area contributed by atoms with Crippen LogP contribution in [0.1, 0.15) is 72.9 Å². The van der Waals surface area contributed by atoms with Crippen molar-refractivity contribution in [1.82, 2.24) is 14.6 Å². The van der Waals surface area contributed by atoms with Crippen LogP contribution in [0.25, 0.3) is 0 Å². The normalized spacial score (nSPS) is 18.0. The summed E-state index contributed by atoms with van der Waals surface area (Å²) in [6.07, 6.45) is 3.63. The second-order valence-electron chi connectivity index (χ2n) is 10.5. The van der Waals surface area contributed by atoms with Crippen molar-refractivity contribution in [2.75, 3.05) is 18.9 Å². The summed E-state index contributed by atoms with van der Waals surface area (Å²) in [6, 6.07) is -2.36. The van der Waals surface area contributed by atoms with Crippen molar-refractivity contribution in [3.05, 3.63) is 11.1 Å². The molecule has 1 aliphatic rings.